The van der Waals surface area contributed by atoms with Crippen molar-refractivity contribution in [2.24, 2.45) is 0 Å². The molecule has 7 heteroatoms. The highest BCUT2D eigenvalue weighted by Gasteiger charge is 2.18. The summed E-state index contributed by atoms with van der Waals surface area (Å²) in [5.41, 5.74) is 7.25. The summed E-state index contributed by atoms with van der Waals surface area (Å²) in [5.74, 6) is 0. The van der Waals surface area contributed by atoms with Gasteiger partial charge in [-0.3, -0.25) is 0 Å². The van der Waals surface area contributed by atoms with Crippen molar-refractivity contribution in [3.63, 3.8) is 0 Å². The van der Waals surface area contributed by atoms with Crippen molar-refractivity contribution in [1.29, 1.82) is 0 Å². The van der Waals surface area contributed by atoms with Crippen molar-refractivity contribution in [3.05, 3.63) is 58.1 Å². The molecule has 3 N–H and O–H groups in total. The molecule has 0 bridgehead atoms. The maximum atomic E-state index is 12.2. The monoisotopic (exact) mass is 344 g/mol. The quantitative estimate of drug-likeness (QED) is 0.818. The number of halogens is 2. The van der Waals surface area contributed by atoms with Gasteiger partial charge >= 0.3 is 0 Å². The average molecular weight is 345 g/mol. The number of nitrogens with one attached hydrogen (secondary N) is 1. The lowest BCUT2D eigenvalue weighted by Gasteiger charge is -2.09. The van der Waals surface area contributed by atoms with Crippen LogP contribution >= 0.6 is 23.2 Å². The van der Waals surface area contributed by atoms with Gasteiger partial charge in [0.15, 0.2) is 0 Å². The number of sulfonamides is 1. The minimum absolute atomic E-state index is 0.0195. The summed E-state index contributed by atoms with van der Waals surface area (Å²) >= 11 is 11.8. The Hall–Kier alpha value is -1.27. The molecule has 0 aliphatic carbocycles. The van der Waals surface area contributed by atoms with Crippen LogP contribution in [0.1, 0.15) is 5.56 Å². The molecule has 0 amide bonds. The van der Waals surface area contributed by atoms with Crippen LogP contribution in [-0.2, 0) is 16.4 Å². The van der Waals surface area contributed by atoms with Gasteiger partial charge < -0.3 is 5.73 Å². The number of rotatable bonds is 5. The Bertz CT molecular complexity index is 731. The summed E-state index contributed by atoms with van der Waals surface area (Å²) in [7, 11) is -3.68. The molecule has 0 atom stereocenters. The van der Waals surface area contributed by atoms with Crippen molar-refractivity contribution in [1.82, 2.24) is 4.72 Å². The number of hydrogen-bond acceptors (Lipinski definition) is 3. The zero-order valence-corrected chi connectivity index (χ0v) is 13.3. The van der Waals surface area contributed by atoms with Gasteiger partial charge in [0.25, 0.3) is 0 Å². The van der Waals surface area contributed by atoms with Gasteiger partial charge in [-0.1, -0.05) is 41.4 Å². The summed E-state index contributed by atoms with van der Waals surface area (Å²) in [5, 5.41) is 0.234. The fraction of sp³-hybridized carbons (Fsp3) is 0.143. The average Bonchev–Trinajstić information content (AvgIpc) is 2.44. The summed E-state index contributed by atoms with van der Waals surface area (Å²) in [6, 6.07) is 11.8. The van der Waals surface area contributed by atoms with Gasteiger partial charge in [0, 0.05) is 12.2 Å². The SMILES string of the molecule is Nc1ccc(CCNS(=O)(=O)c2cccc(Cl)c2Cl)cc1. The number of anilines is 1. The zero-order valence-electron chi connectivity index (χ0n) is 11.0. The molecule has 2 aromatic carbocycles. The molecule has 0 heterocycles. The molecule has 0 spiro atoms. The third kappa shape index (κ3) is 4.11. The molecule has 112 valence electrons. The Morgan fingerprint density at radius 1 is 1.05 bits per heavy atom. The minimum atomic E-state index is -3.68. The van der Waals surface area contributed by atoms with E-state index in [1.54, 1.807) is 18.2 Å². The molecule has 0 radical (unpaired) electrons. The summed E-state index contributed by atoms with van der Waals surface area (Å²) in [6.45, 7) is 0.259. The van der Waals surface area contributed by atoms with E-state index in [-0.39, 0.29) is 21.5 Å². The van der Waals surface area contributed by atoms with Gasteiger partial charge in [-0.15, -0.1) is 0 Å². The Balaban J connectivity index is 2.05. The van der Waals surface area contributed by atoms with Crippen molar-refractivity contribution in [2.75, 3.05) is 12.3 Å². The van der Waals surface area contributed by atoms with E-state index in [2.05, 4.69) is 4.72 Å². The number of benzene rings is 2. The smallest absolute Gasteiger partial charge is 0.242 e. The van der Waals surface area contributed by atoms with E-state index in [1.807, 2.05) is 12.1 Å². The fourth-order valence-electron chi connectivity index (χ4n) is 1.78. The third-order valence-corrected chi connectivity index (χ3v) is 5.33. The molecule has 0 aromatic heterocycles. The van der Waals surface area contributed by atoms with Crippen molar-refractivity contribution >= 4 is 38.9 Å². The van der Waals surface area contributed by atoms with E-state index in [0.29, 0.717) is 12.1 Å². The van der Waals surface area contributed by atoms with Crippen LogP contribution in [0.3, 0.4) is 0 Å². The molecule has 0 fully saturated rings. The Kier molecular flexibility index (Phi) is 5.11. The van der Waals surface area contributed by atoms with Crippen molar-refractivity contribution < 1.29 is 8.42 Å². The molecular formula is C14H14Cl2N2O2S. The first-order valence-electron chi connectivity index (χ1n) is 6.18. The Morgan fingerprint density at radius 3 is 2.38 bits per heavy atom. The molecule has 21 heavy (non-hydrogen) atoms. The summed E-state index contributed by atoms with van der Waals surface area (Å²) in [6.07, 6.45) is 0.553. The molecule has 2 rings (SSSR count). The predicted octanol–water partition coefficient (Wildman–Crippen LogP) is 3.10. The maximum absolute atomic E-state index is 12.2. The number of hydrogen-bond donors (Lipinski definition) is 2. The lowest BCUT2D eigenvalue weighted by atomic mass is 10.1. The van der Waals surface area contributed by atoms with Gasteiger partial charge in [-0.2, -0.15) is 0 Å². The van der Waals surface area contributed by atoms with E-state index >= 15 is 0 Å². The van der Waals surface area contributed by atoms with Crippen LogP contribution in [-0.4, -0.2) is 15.0 Å². The molecule has 2 aromatic rings. The highest BCUT2D eigenvalue weighted by atomic mass is 35.5. The van der Waals surface area contributed by atoms with Crippen LogP contribution in [0.15, 0.2) is 47.4 Å². The van der Waals surface area contributed by atoms with Crippen LogP contribution in [0.4, 0.5) is 5.69 Å². The zero-order chi connectivity index (χ0) is 15.5. The van der Waals surface area contributed by atoms with Crippen LogP contribution in [0.5, 0.6) is 0 Å². The molecule has 0 aliphatic rings. The maximum Gasteiger partial charge on any atom is 0.242 e. The van der Waals surface area contributed by atoms with Crippen molar-refractivity contribution in [2.45, 2.75) is 11.3 Å². The van der Waals surface area contributed by atoms with Crippen LogP contribution in [0, 0.1) is 0 Å². The lowest BCUT2D eigenvalue weighted by molar-refractivity contribution is 0.581. The highest BCUT2D eigenvalue weighted by Crippen LogP contribution is 2.28. The summed E-state index contributed by atoms with van der Waals surface area (Å²) in [4.78, 5) is -0.0195. The fourth-order valence-corrected chi connectivity index (χ4v) is 3.57. The third-order valence-electron chi connectivity index (χ3n) is 2.89. The van der Waals surface area contributed by atoms with E-state index in [0.717, 1.165) is 5.56 Å². The molecule has 4 nitrogen and oxygen atoms in total. The normalized spacial score (nSPS) is 11.5. The predicted molar refractivity (Wildman–Crippen MR) is 86.2 cm³/mol. The van der Waals surface area contributed by atoms with Gasteiger partial charge in [0.1, 0.15) is 4.90 Å². The Labute approximate surface area is 133 Å². The number of nitrogens with two attached hydrogens (primary N) is 1. The first-order chi connectivity index (χ1) is 9.90. The molecule has 0 saturated carbocycles. The first kappa shape index (κ1) is 16.1. The molecule has 0 aliphatic heterocycles. The second-order valence-corrected chi connectivity index (χ2v) is 6.96. The van der Waals surface area contributed by atoms with E-state index in [1.165, 1.54) is 12.1 Å². The molecule has 0 unspecified atom stereocenters. The van der Waals surface area contributed by atoms with E-state index < -0.39 is 10.0 Å². The largest absolute Gasteiger partial charge is 0.399 e. The van der Waals surface area contributed by atoms with Crippen LogP contribution in [0.25, 0.3) is 0 Å². The molecule has 0 saturated heterocycles. The van der Waals surface area contributed by atoms with Gasteiger partial charge in [-0.25, -0.2) is 13.1 Å². The van der Waals surface area contributed by atoms with Crippen molar-refractivity contribution in [3.8, 4) is 0 Å². The topological polar surface area (TPSA) is 72.2 Å². The van der Waals surface area contributed by atoms with Crippen LogP contribution in [0.2, 0.25) is 10.0 Å². The standard InChI is InChI=1S/C14H14Cl2N2O2S/c15-12-2-1-3-13(14(12)16)21(19,20)18-9-8-10-4-6-11(17)7-5-10/h1-7,18H,8-9,17H2. The lowest BCUT2D eigenvalue weighted by Crippen LogP contribution is -2.26. The first-order valence-corrected chi connectivity index (χ1v) is 8.42. The van der Waals surface area contributed by atoms with Gasteiger partial charge in [-0.05, 0) is 36.2 Å². The Morgan fingerprint density at radius 2 is 1.71 bits per heavy atom. The number of nitrogen functional groups attached to an aromatic ring is 1. The van der Waals surface area contributed by atoms with Gasteiger partial charge in [0.05, 0.1) is 10.0 Å². The molecular weight excluding hydrogens is 331 g/mol. The van der Waals surface area contributed by atoms with E-state index in [9.17, 15) is 8.42 Å². The summed E-state index contributed by atoms with van der Waals surface area (Å²) < 4.78 is 26.9. The highest BCUT2D eigenvalue weighted by molar-refractivity contribution is 7.89. The minimum Gasteiger partial charge on any atom is -0.399 e. The van der Waals surface area contributed by atoms with Gasteiger partial charge in [0.2, 0.25) is 10.0 Å². The second-order valence-electron chi connectivity index (χ2n) is 4.44. The second kappa shape index (κ2) is 6.66. The van der Waals surface area contributed by atoms with E-state index in [4.69, 9.17) is 28.9 Å². The van der Waals surface area contributed by atoms with Crippen LogP contribution < -0.4 is 10.5 Å².